The molecule has 1 aromatic heterocycles. The van der Waals surface area contributed by atoms with Gasteiger partial charge in [0.2, 0.25) is 0 Å². The fraction of sp³-hybridized carbons (Fsp3) is 0. The second-order valence-corrected chi connectivity index (χ2v) is 2.84. The first-order valence-electron chi connectivity index (χ1n) is 3.83. The third kappa shape index (κ3) is 1.05. The Morgan fingerprint density at radius 1 is 1.50 bits per heavy atom. The highest BCUT2D eigenvalue weighted by atomic mass is 16.4. The third-order valence-corrected chi connectivity index (χ3v) is 1.96. The molecule has 0 unspecified atom stereocenters. The molecular formula is C8H7N3O3. The molecule has 14 heavy (non-hydrogen) atoms. The molecule has 0 aliphatic heterocycles. The molecule has 0 radical (unpaired) electrons. The second kappa shape index (κ2) is 2.63. The molecule has 6 nitrogen and oxygen atoms in total. The number of aromatic amines is 1. The zero-order valence-corrected chi connectivity index (χ0v) is 7.02. The van der Waals surface area contributed by atoms with E-state index < -0.39 is 11.7 Å². The molecule has 4 N–H and O–H groups in total. The summed E-state index contributed by atoms with van der Waals surface area (Å²) in [5.74, 6) is 4.33. The van der Waals surface area contributed by atoms with Gasteiger partial charge in [0, 0.05) is 0 Å². The molecule has 0 amide bonds. The van der Waals surface area contributed by atoms with E-state index in [9.17, 15) is 9.59 Å². The standard InChI is InChI=1S/C8H7N3O3/c9-11-6-3-4(7(12)13)1-2-5(6)10-8(11)14/h1-3H,9H2,(H,10,14)(H,12,13). The number of imidazole rings is 1. The lowest BCUT2D eigenvalue weighted by Gasteiger charge is -1.95. The summed E-state index contributed by atoms with van der Waals surface area (Å²) in [6.07, 6.45) is 0. The third-order valence-electron chi connectivity index (χ3n) is 1.96. The summed E-state index contributed by atoms with van der Waals surface area (Å²) < 4.78 is 0.877. The number of nitrogens with zero attached hydrogens (tertiary/aromatic N) is 1. The summed E-state index contributed by atoms with van der Waals surface area (Å²) in [4.78, 5) is 24.2. The van der Waals surface area contributed by atoms with Gasteiger partial charge in [-0.2, -0.15) is 0 Å². The Balaban J connectivity index is 2.82. The van der Waals surface area contributed by atoms with Crippen LogP contribution in [0.4, 0.5) is 0 Å². The van der Waals surface area contributed by atoms with Crippen molar-refractivity contribution in [1.29, 1.82) is 0 Å². The van der Waals surface area contributed by atoms with Crippen LogP contribution in [0.25, 0.3) is 11.0 Å². The van der Waals surface area contributed by atoms with Gasteiger partial charge in [-0.1, -0.05) is 0 Å². The number of nitrogens with two attached hydrogens (primary N) is 1. The SMILES string of the molecule is Nn1c(=O)[nH]c2ccc(C(=O)O)cc21. The second-order valence-electron chi connectivity index (χ2n) is 2.84. The summed E-state index contributed by atoms with van der Waals surface area (Å²) in [7, 11) is 0. The molecule has 2 rings (SSSR count). The molecule has 0 aliphatic carbocycles. The van der Waals surface area contributed by atoms with Crippen LogP contribution in [0.1, 0.15) is 10.4 Å². The molecule has 0 fully saturated rings. The maximum absolute atomic E-state index is 11.1. The van der Waals surface area contributed by atoms with Crippen LogP contribution in [0.5, 0.6) is 0 Å². The van der Waals surface area contributed by atoms with Gasteiger partial charge >= 0.3 is 11.7 Å². The van der Waals surface area contributed by atoms with E-state index in [1.54, 1.807) is 0 Å². The lowest BCUT2D eigenvalue weighted by molar-refractivity contribution is 0.0697. The zero-order valence-electron chi connectivity index (χ0n) is 7.02. The number of carbonyl (C=O) groups is 1. The Morgan fingerprint density at radius 3 is 2.86 bits per heavy atom. The largest absolute Gasteiger partial charge is 0.478 e. The monoisotopic (exact) mass is 193 g/mol. The summed E-state index contributed by atoms with van der Waals surface area (Å²) in [5.41, 5.74) is 0.510. The van der Waals surface area contributed by atoms with Crippen molar-refractivity contribution in [2.75, 3.05) is 5.84 Å². The molecular weight excluding hydrogens is 186 g/mol. The molecule has 0 saturated heterocycles. The average molecular weight is 193 g/mol. The van der Waals surface area contributed by atoms with Crippen LogP contribution < -0.4 is 11.5 Å². The van der Waals surface area contributed by atoms with Crippen LogP contribution in [0.2, 0.25) is 0 Å². The predicted octanol–water partition coefficient (Wildman–Crippen LogP) is -0.258. The highest BCUT2D eigenvalue weighted by Gasteiger charge is 2.07. The highest BCUT2D eigenvalue weighted by molar-refractivity contribution is 5.92. The fourth-order valence-electron chi connectivity index (χ4n) is 1.25. The Bertz CT molecular complexity index is 567. The number of aromatic nitrogens is 2. The number of nitrogen functional groups attached to an aromatic ring is 1. The molecule has 0 atom stereocenters. The van der Waals surface area contributed by atoms with Gasteiger partial charge in [-0.05, 0) is 18.2 Å². The Labute approximate surface area is 77.5 Å². The molecule has 1 heterocycles. The fourth-order valence-corrected chi connectivity index (χ4v) is 1.25. The molecule has 2 aromatic rings. The Morgan fingerprint density at radius 2 is 2.21 bits per heavy atom. The van der Waals surface area contributed by atoms with Crippen LogP contribution in [-0.4, -0.2) is 20.7 Å². The van der Waals surface area contributed by atoms with Crippen molar-refractivity contribution in [3.63, 3.8) is 0 Å². The van der Waals surface area contributed by atoms with E-state index in [1.807, 2.05) is 0 Å². The first-order valence-corrected chi connectivity index (χ1v) is 3.83. The first-order chi connectivity index (χ1) is 6.59. The molecule has 0 bridgehead atoms. The number of fused-ring (bicyclic) bond motifs is 1. The minimum atomic E-state index is -1.06. The molecule has 1 aromatic carbocycles. The van der Waals surface area contributed by atoms with Gasteiger partial charge in [-0.15, -0.1) is 0 Å². The van der Waals surface area contributed by atoms with Gasteiger partial charge in [0.1, 0.15) is 0 Å². The smallest absolute Gasteiger partial charge is 0.344 e. The minimum absolute atomic E-state index is 0.0932. The van der Waals surface area contributed by atoms with Gasteiger partial charge in [0.15, 0.2) is 0 Å². The normalized spacial score (nSPS) is 10.6. The number of carboxylic acids is 1. The number of H-pyrrole nitrogens is 1. The summed E-state index contributed by atoms with van der Waals surface area (Å²) in [6.45, 7) is 0. The zero-order chi connectivity index (χ0) is 10.3. The lowest BCUT2D eigenvalue weighted by atomic mass is 10.2. The number of hydrogen-bond donors (Lipinski definition) is 3. The van der Waals surface area contributed by atoms with Crippen molar-refractivity contribution in [3.8, 4) is 0 Å². The van der Waals surface area contributed by atoms with E-state index in [-0.39, 0.29) is 5.56 Å². The number of hydrogen-bond acceptors (Lipinski definition) is 3. The van der Waals surface area contributed by atoms with Crippen LogP contribution in [0, 0.1) is 0 Å². The quantitative estimate of drug-likeness (QED) is 0.543. The highest BCUT2D eigenvalue weighted by Crippen LogP contribution is 2.10. The van der Waals surface area contributed by atoms with Gasteiger partial charge in [-0.25, -0.2) is 14.3 Å². The lowest BCUT2D eigenvalue weighted by Crippen LogP contribution is -2.23. The predicted molar refractivity (Wildman–Crippen MR) is 49.7 cm³/mol. The van der Waals surface area contributed by atoms with Crippen molar-refractivity contribution >= 4 is 17.0 Å². The molecule has 6 heteroatoms. The van der Waals surface area contributed by atoms with Crippen LogP contribution in [0.3, 0.4) is 0 Å². The number of rotatable bonds is 1. The number of benzene rings is 1. The average Bonchev–Trinajstić information content (AvgIpc) is 2.43. The van der Waals surface area contributed by atoms with E-state index in [4.69, 9.17) is 10.9 Å². The van der Waals surface area contributed by atoms with Crippen molar-refractivity contribution in [3.05, 3.63) is 34.2 Å². The van der Waals surface area contributed by atoms with Crippen LogP contribution in [-0.2, 0) is 0 Å². The summed E-state index contributed by atoms with van der Waals surface area (Å²) in [5, 5.41) is 8.70. The van der Waals surface area contributed by atoms with E-state index in [0.29, 0.717) is 11.0 Å². The number of nitrogens with one attached hydrogen (secondary N) is 1. The summed E-state index contributed by atoms with van der Waals surface area (Å²) in [6, 6.07) is 4.25. The van der Waals surface area contributed by atoms with E-state index >= 15 is 0 Å². The van der Waals surface area contributed by atoms with E-state index in [1.165, 1.54) is 18.2 Å². The van der Waals surface area contributed by atoms with Crippen molar-refractivity contribution in [2.45, 2.75) is 0 Å². The van der Waals surface area contributed by atoms with Crippen molar-refractivity contribution in [2.24, 2.45) is 0 Å². The number of aromatic carboxylic acids is 1. The topological polar surface area (TPSA) is 101 Å². The van der Waals surface area contributed by atoms with Crippen LogP contribution in [0.15, 0.2) is 23.0 Å². The maximum Gasteiger partial charge on any atom is 0.344 e. The van der Waals surface area contributed by atoms with Gasteiger partial charge in [0.05, 0.1) is 16.6 Å². The first kappa shape index (κ1) is 8.36. The van der Waals surface area contributed by atoms with Gasteiger partial charge < -0.3 is 15.9 Å². The molecule has 72 valence electrons. The van der Waals surface area contributed by atoms with E-state index in [2.05, 4.69) is 4.98 Å². The Hall–Kier alpha value is -2.24. The Kier molecular flexibility index (Phi) is 1.57. The molecule has 0 aliphatic rings. The summed E-state index contributed by atoms with van der Waals surface area (Å²) >= 11 is 0. The van der Waals surface area contributed by atoms with Crippen molar-refractivity contribution in [1.82, 2.24) is 9.66 Å². The molecule has 0 spiro atoms. The number of carboxylic acid groups (broad SMARTS) is 1. The van der Waals surface area contributed by atoms with Gasteiger partial charge in [0.25, 0.3) is 0 Å². The minimum Gasteiger partial charge on any atom is -0.478 e. The van der Waals surface area contributed by atoms with Crippen molar-refractivity contribution < 1.29 is 9.90 Å². The molecule has 0 saturated carbocycles. The van der Waals surface area contributed by atoms with E-state index in [0.717, 1.165) is 4.68 Å². The maximum atomic E-state index is 11.1. The van der Waals surface area contributed by atoms with Crippen LogP contribution >= 0.6 is 0 Å². The van der Waals surface area contributed by atoms with Gasteiger partial charge in [-0.3, -0.25) is 0 Å².